The quantitative estimate of drug-likeness (QED) is 0.853. The van der Waals surface area contributed by atoms with Crippen LogP contribution in [-0.4, -0.2) is 12.6 Å². The number of carboxylic acids is 1. The van der Waals surface area contributed by atoms with Gasteiger partial charge in [-0.3, -0.25) is 0 Å². The third-order valence-electron chi connectivity index (χ3n) is 3.75. The summed E-state index contributed by atoms with van der Waals surface area (Å²) < 4.78 is 5.62. The molecule has 0 aliphatic carbocycles. The van der Waals surface area contributed by atoms with E-state index in [2.05, 4.69) is 12.1 Å². The van der Waals surface area contributed by atoms with Crippen LogP contribution >= 0.6 is 0 Å². The molecule has 0 fully saturated rings. The monoisotopic (exact) mass is 267 g/mol. The number of aromatic carboxylic acids is 1. The van der Waals surface area contributed by atoms with E-state index in [1.54, 1.807) is 12.1 Å². The summed E-state index contributed by atoms with van der Waals surface area (Å²) in [5.74, 6) is -0.0842. The molecule has 102 valence electrons. The van der Waals surface area contributed by atoms with Crippen molar-refractivity contribution >= 4 is 5.97 Å². The summed E-state index contributed by atoms with van der Waals surface area (Å²) in [5.41, 5.74) is 2.50. The van der Waals surface area contributed by atoms with Gasteiger partial charge in [0.05, 0.1) is 12.6 Å². The van der Waals surface area contributed by atoms with E-state index in [9.17, 15) is 9.90 Å². The predicted octanol–water partition coefficient (Wildman–Crippen LogP) is 2.16. The van der Waals surface area contributed by atoms with Crippen molar-refractivity contribution in [3.63, 3.8) is 0 Å². The van der Waals surface area contributed by atoms with Gasteiger partial charge in [-0.05, 0) is 42.2 Å². The number of fused-ring (bicyclic) bond motifs is 1. The summed E-state index contributed by atoms with van der Waals surface area (Å²) in [5, 5.41) is 10.9. The highest BCUT2D eigenvalue weighted by molar-refractivity contribution is 5.86. The van der Waals surface area contributed by atoms with E-state index < -0.39 is 5.97 Å². The number of hydrogen-bond acceptors (Lipinski definition) is 3. The molecule has 0 bridgehead atoms. The molecular weight excluding hydrogens is 252 g/mol. The highest BCUT2D eigenvalue weighted by Crippen LogP contribution is 2.37. The zero-order chi connectivity index (χ0) is 13.9. The summed E-state index contributed by atoms with van der Waals surface area (Å²) in [4.78, 5) is 10.9. The lowest BCUT2D eigenvalue weighted by molar-refractivity contribution is -0.255. The van der Waals surface area contributed by atoms with Gasteiger partial charge < -0.3 is 14.6 Å². The Hall–Kier alpha value is -2.29. The second kappa shape index (κ2) is 5.37. The van der Waals surface area contributed by atoms with Crippen molar-refractivity contribution in [2.45, 2.75) is 18.8 Å². The van der Waals surface area contributed by atoms with Gasteiger partial charge in [-0.1, -0.05) is 30.3 Å². The van der Waals surface area contributed by atoms with E-state index in [0.717, 1.165) is 24.2 Å². The van der Waals surface area contributed by atoms with Crippen LogP contribution in [0.1, 0.15) is 33.8 Å². The zero-order valence-electron chi connectivity index (χ0n) is 11.0. The van der Waals surface area contributed by atoms with Crippen LogP contribution in [-0.2, 0) is 6.42 Å². The fourth-order valence-corrected chi connectivity index (χ4v) is 2.63. The van der Waals surface area contributed by atoms with Crippen molar-refractivity contribution in [3.8, 4) is 5.75 Å². The number of aryl methyl sites for hydroxylation is 1. The number of carboxylic acid groups (broad SMARTS) is 1. The maximum atomic E-state index is 10.9. The Labute approximate surface area is 117 Å². The molecule has 1 aliphatic heterocycles. The smallest absolute Gasteiger partial charge is 0.122 e. The fraction of sp³-hybridized carbons (Fsp3) is 0.235. The summed E-state index contributed by atoms with van der Waals surface area (Å²) in [6.45, 7) is 0.624. The van der Waals surface area contributed by atoms with E-state index in [4.69, 9.17) is 4.74 Å². The molecule has 2 aromatic carbocycles. The number of ether oxygens (including phenoxy) is 1. The Kier molecular flexibility index (Phi) is 3.42. The van der Waals surface area contributed by atoms with E-state index >= 15 is 0 Å². The molecule has 0 saturated heterocycles. The molecule has 0 N–H and O–H groups in total. The van der Waals surface area contributed by atoms with Gasteiger partial charge in [-0.15, -0.1) is 0 Å². The van der Waals surface area contributed by atoms with Crippen LogP contribution in [0, 0.1) is 0 Å². The van der Waals surface area contributed by atoms with Crippen molar-refractivity contribution in [1.82, 2.24) is 0 Å². The van der Waals surface area contributed by atoms with Crippen LogP contribution in [0.4, 0.5) is 0 Å². The van der Waals surface area contributed by atoms with Gasteiger partial charge >= 0.3 is 0 Å². The van der Waals surface area contributed by atoms with Crippen molar-refractivity contribution < 1.29 is 14.6 Å². The number of rotatable bonds is 4. The Morgan fingerprint density at radius 3 is 2.75 bits per heavy atom. The number of hydrogen-bond donors (Lipinski definition) is 0. The Morgan fingerprint density at radius 2 is 2.00 bits per heavy atom. The van der Waals surface area contributed by atoms with Crippen molar-refractivity contribution in [3.05, 3.63) is 65.2 Å². The molecule has 0 saturated carbocycles. The summed E-state index contributed by atoms with van der Waals surface area (Å²) in [7, 11) is 0. The molecule has 3 heteroatoms. The zero-order valence-corrected chi connectivity index (χ0v) is 11.0. The largest absolute Gasteiger partial charge is 0.545 e. The van der Waals surface area contributed by atoms with Crippen LogP contribution in [0.15, 0.2) is 48.5 Å². The highest BCUT2D eigenvalue weighted by Gasteiger charge is 2.24. The minimum atomic E-state index is -1.14. The molecule has 3 nitrogen and oxygen atoms in total. The van der Waals surface area contributed by atoms with E-state index in [0.29, 0.717) is 6.61 Å². The van der Waals surface area contributed by atoms with E-state index in [-0.39, 0.29) is 11.5 Å². The third-order valence-corrected chi connectivity index (χ3v) is 3.75. The van der Waals surface area contributed by atoms with E-state index in [1.807, 2.05) is 18.2 Å². The number of benzene rings is 2. The van der Waals surface area contributed by atoms with Crippen LogP contribution < -0.4 is 9.84 Å². The van der Waals surface area contributed by atoms with Gasteiger partial charge in [-0.2, -0.15) is 0 Å². The van der Waals surface area contributed by atoms with Gasteiger partial charge in [0.25, 0.3) is 0 Å². The van der Waals surface area contributed by atoms with Crippen LogP contribution in [0.5, 0.6) is 5.75 Å². The second-order valence-electron chi connectivity index (χ2n) is 5.07. The third kappa shape index (κ3) is 2.52. The fourth-order valence-electron chi connectivity index (χ4n) is 2.63. The topological polar surface area (TPSA) is 49.4 Å². The SMILES string of the molecule is O=C([O-])c1ccc2c(c1)C(CCc1ccccc1)CO2. The Morgan fingerprint density at radius 1 is 1.20 bits per heavy atom. The molecule has 3 rings (SSSR count). The number of carbonyl (C=O) groups excluding carboxylic acids is 1. The van der Waals surface area contributed by atoms with Crippen LogP contribution in [0.3, 0.4) is 0 Å². The summed E-state index contributed by atoms with van der Waals surface area (Å²) in [6, 6.07) is 15.2. The molecule has 0 aromatic heterocycles. The molecular formula is C17H15O3-. The van der Waals surface area contributed by atoms with Crippen molar-refractivity contribution in [2.75, 3.05) is 6.61 Å². The second-order valence-corrected chi connectivity index (χ2v) is 5.07. The maximum Gasteiger partial charge on any atom is 0.122 e. The average molecular weight is 267 g/mol. The molecule has 1 atom stereocenters. The maximum absolute atomic E-state index is 10.9. The number of carbonyl (C=O) groups is 1. The summed E-state index contributed by atoms with van der Waals surface area (Å²) >= 11 is 0. The summed E-state index contributed by atoms with van der Waals surface area (Å²) in [6.07, 6.45) is 1.91. The Balaban J connectivity index is 1.75. The van der Waals surface area contributed by atoms with Gasteiger partial charge in [0.2, 0.25) is 0 Å². The molecule has 0 amide bonds. The van der Waals surface area contributed by atoms with Crippen molar-refractivity contribution in [2.24, 2.45) is 0 Å². The molecule has 1 heterocycles. The Bertz CT molecular complexity index is 619. The van der Waals surface area contributed by atoms with Gasteiger partial charge in [0.15, 0.2) is 0 Å². The molecule has 1 unspecified atom stereocenters. The van der Waals surface area contributed by atoms with Crippen LogP contribution in [0.2, 0.25) is 0 Å². The molecule has 0 radical (unpaired) electrons. The first-order chi connectivity index (χ1) is 9.74. The minimum absolute atomic E-state index is 0.221. The first kappa shape index (κ1) is 12.7. The normalized spacial score (nSPS) is 16.5. The molecule has 0 spiro atoms. The van der Waals surface area contributed by atoms with E-state index in [1.165, 1.54) is 11.6 Å². The standard InChI is InChI=1S/C17H16O3/c18-17(19)13-8-9-16-15(10-13)14(11-20-16)7-6-12-4-2-1-3-5-12/h1-5,8-10,14H,6-7,11H2,(H,18,19)/p-1. The lowest BCUT2D eigenvalue weighted by Gasteiger charge is -2.10. The van der Waals surface area contributed by atoms with Crippen LogP contribution in [0.25, 0.3) is 0 Å². The lowest BCUT2D eigenvalue weighted by Crippen LogP contribution is -2.22. The first-order valence-corrected chi connectivity index (χ1v) is 6.76. The highest BCUT2D eigenvalue weighted by atomic mass is 16.5. The predicted molar refractivity (Wildman–Crippen MR) is 73.8 cm³/mol. The van der Waals surface area contributed by atoms with Crippen molar-refractivity contribution in [1.29, 1.82) is 0 Å². The van der Waals surface area contributed by atoms with Gasteiger partial charge in [0, 0.05) is 11.5 Å². The first-order valence-electron chi connectivity index (χ1n) is 6.76. The van der Waals surface area contributed by atoms with Gasteiger partial charge in [-0.25, -0.2) is 0 Å². The van der Waals surface area contributed by atoms with Gasteiger partial charge in [0.1, 0.15) is 5.75 Å². The average Bonchev–Trinajstić information content (AvgIpc) is 2.88. The molecule has 1 aliphatic rings. The minimum Gasteiger partial charge on any atom is -0.545 e. The lowest BCUT2D eigenvalue weighted by atomic mass is 9.93. The molecule has 2 aromatic rings. The molecule has 20 heavy (non-hydrogen) atoms.